The molecule has 2 aliphatic carbocycles. The van der Waals surface area contributed by atoms with Crippen LogP contribution in [0.5, 0.6) is 0 Å². The Morgan fingerprint density at radius 1 is 0.731 bits per heavy atom. The van der Waals surface area contributed by atoms with E-state index in [1.807, 2.05) is 0 Å². The third-order valence-electron chi connectivity index (χ3n) is 5.99. The Labute approximate surface area is 167 Å². The fourth-order valence-corrected chi connectivity index (χ4v) is 35.6. The van der Waals surface area contributed by atoms with E-state index in [1.165, 1.54) is 16.7 Å². The van der Waals surface area contributed by atoms with Gasteiger partial charge < -0.3 is 2.85 Å². The molecule has 0 spiro atoms. The summed E-state index contributed by atoms with van der Waals surface area (Å²) in [6, 6.07) is 27.6. The molecule has 1 atom stereocenters. The first-order valence-corrected chi connectivity index (χ1v) is 22.8. The summed E-state index contributed by atoms with van der Waals surface area (Å²) in [5.41, 5.74) is 9.36. The number of benzene rings is 3. The molecular weight excluding hydrogens is 495 g/mol. The summed E-state index contributed by atoms with van der Waals surface area (Å²) >= 11 is -2.01. The van der Waals surface area contributed by atoms with Gasteiger partial charge in [0.25, 0.3) is 0 Å². The van der Waals surface area contributed by atoms with Crippen LogP contribution < -0.4 is 0 Å². The van der Waals surface area contributed by atoms with E-state index in [0.29, 0.717) is 0 Å². The molecule has 1 unspecified atom stereocenters. The summed E-state index contributed by atoms with van der Waals surface area (Å²) in [4.78, 5) is 0. The van der Waals surface area contributed by atoms with Crippen molar-refractivity contribution < 1.29 is 23.5 Å². The van der Waals surface area contributed by atoms with Gasteiger partial charge in [-0.15, -0.1) is 0 Å². The maximum atomic E-state index is 2.63. The predicted octanol–water partition coefficient (Wildman–Crippen LogP) is 6.35. The van der Waals surface area contributed by atoms with Crippen molar-refractivity contribution >= 4 is 12.1 Å². The third kappa shape index (κ3) is 2.50. The van der Waals surface area contributed by atoms with E-state index in [1.54, 1.807) is 16.7 Å². The Morgan fingerprint density at radius 2 is 1.27 bits per heavy atom. The molecule has 0 radical (unpaired) electrons. The number of hydrogen-bond acceptors (Lipinski definition) is 0. The van der Waals surface area contributed by atoms with E-state index in [9.17, 15) is 0 Å². The van der Waals surface area contributed by atoms with E-state index in [2.05, 4.69) is 98.0 Å². The van der Waals surface area contributed by atoms with Gasteiger partial charge in [-0.05, 0) is 0 Å². The fraction of sp³-hybridized carbons (Fsp3) is 0.167. The summed E-state index contributed by atoms with van der Waals surface area (Å²) in [6.45, 7) is 5.25. The molecule has 5 rings (SSSR count). The number of hydrogen-bond donors (Lipinski definition) is 0. The monoisotopic (exact) mass is 521 g/mol. The molecule has 0 saturated carbocycles. The molecule has 2 aliphatic rings. The number of rotatable bonds is 3. The molecule has 0 aromatic heterocycles. The minimum atomic E-state index is -2.01. The summed E-state index contributed by atoms with van der Waals surface area (Å²) < 4.78 is 1.49. The van der Waals surface area contributed by atoms with Crippen LogP contribution in [-0.2, 0) is 20.6 Å². The molecule has 0 amide bonds. The van der Waals surface area contributed by atoms with Crippen LogP contribution >= 0.6 is 0 Å². The molecule has 0 saturated heterocycles. The predicted molar refractivity (Wildman–Crippen MR) is 113 cm³/mol. The van der Waals surface area contributed by atoms with E-state index in [-0.39, 0.29) is 2.85 Å². The molecule has 0 heterocycles. The van der Waals surface area contributed by atoms with E-state index in [4.69, 9.17) is 0 Å². The topological polar surface area (TPSA) is 0 Å². The SMILES string of the molecule is C[SiH](C)[Hf]([CH]1C=Cc2ccccc21)[CH]1c2ccccc2-c2ccccc21.[H-].[H-]. The maximum Gasteiger partial charge on any atom is -1.00 e. The quantitative estimate of drug-likeness (QED) is 0.354. The van der Waals surface area contributed by atoms with Crippen LogP contribution in [0.25, 0.3) is 17.2 Å². The largest absolute Gasteiger partial charge is 1.00 e. The van der Waals surface area contributed by atoms with Crippen LogP contribution in [0, 0.1) is 0 Å². The number of fused-ring (bicyclic) bond motifs is 4. The van der Waals surface area contributed by atoms with Crippen molar-refractivity contribution in [2.75, 3.05) is 0 Å². The second-order valence-corrected chi connectivity index (χ2v) is 35.8. The zero-order valence-corrected chi connectivity index (χ0v) is 20.1. The molecule has 0 fully saturated rings. The van der Waals surface area contributed by atoms with Crippen LogP contribution in [0.1, 0.15) is 32.5 Å². The first-order chi connectivity index (χ1) is 12.8. The third-order valence-corrected chi connectivity index (χ3v) is 36.4. The minimum absolute atomic E-state index is 0. The van der Waals surface area contributed by atoms with Gasteiger partial charge in [-0.2, -0.15) is 0 Å². The normalized spacial score (nSPS) is 17.3. The Balaban J connectivity index is 0.00000112. The van der Waals surface area contributed by atoms with Gasteiger partial charge in [-0.3, -0.25) is 0 Å². The average Bonchev–Trinajstić information content (AvgIpc) is 3.23. The van der Waals surface area contributed by atoms with Crippen molar-refractivity contribution in [3.63, 3.8) is 0 Å². The first kappa shape index (κ1) is 16.6. The standard InChI is InChI=1S/C13H9.C9H7.C2H7Si.Hf.2H/c1-3-7-12-10(5-1)9-11-6-2-4-8-13(11)12;1-2-5-9-7-3-6-8(9)4-1;1-3-2;;;/h1-9H;1-7H;3H,1-2H3;;;/q;;;;2*-1. The summed E-state index contributed by atoms with van der Waals surface area (Å²) in [7, 11) is 0. The average molecular weight is 520 g/mol. The van der Waals surface area contributed by atoms with Gasteiger partial charge in [0.2, 0.25) is 0 Å². The number of allylic oxidation sites excluding steroid dienone is 1. The summed E-state index contributed by atoms with van der Waals surface area (Å²) in [5, 5.41) is 0. The van der Waals surface area contributed by atoms with Gasteiger partial charge in [0.15, 0.2) is 0 Å². The van der Waals surface area contributed by atoms with Crippen LogP contribution in [0.3, 0.4) is 0 Å². The minimum Gasteiger partial charge on any atom is -1.00 e. The molecule has 3 aromatic carbocycles. The fourth-order valence-electron chi connectivity index (χ4n) is 4.93. The smallest absolute Gasteiger partial charge is 1.00 e. The van der Waals surface area contributed by atoms with Gasteiger partial charge >= 0.3 is 165 Å². The Hall–Kier alpha value is -1.51. The van der Waals surface area contributed by atoms with E-state index < -0.39 is 26.6 Å². The van der Waals surface area contributed by atoms with Gasteiger partial charge in [0, 0.05) is 0 Å². The Morgan fingerprint density at radius 3 is 1.88 bits per heavy atom. The molecule has 0 N–H and O–H groups in total. The van der Waals surface area contributed by atoms with Crippen molar-refractivity contribution in [3.8, 4) is 11.1 Å². The van der Waals surface area contributed by atoms with Crippen molar-refractivity contribution in [1.82, 2.24) is 0 Å². The Kier molecular flexibility index (Phi) is 4.21. The zero-order valence-electron chi connectivity index (χ0n) is 17.3. The molecular formula is C24H25HfSi-2. The molecule has 0 aliphatic heterocycles. The van der Waals surface area contributed by atoms with Crippen LogP contribution in [0.2, 0.25) is 13.1 Å². The van der Waals surface area contributed by atoms with Crippen LogP contribution in [-0.4, -0.2) is 5.98 Å². The van der Waals surface area contributed by atoms with E-state index in [0.717, 1.165) is 7.35 Å². The molecule has 26 heavy (non-hydrogen) atoms. The van der Waals surface area contributed by atoms with Crippen molar-refractivity contribution in [1.29, 1.82) is 0 Å². The van der Waals surface area contributed by atoms with Crippen LogP contribution in [0.15, 0.2) is 78.9 Å². The summed E-state index contributed by atoms with van der Waals surface area (Å²) in [6.07, 6.45) is 4.97. The molecule has 0 bridgehead atoms. The van der Waals surface area contributed by atoms with Gasteiger partial charge in [-0.25, -0.2) is 0 Å². The van der Waals surface area contributed by atoms with Gasteiger partial charge in [0.05, 0.1) is 0 Å². The molecule has 2 heteroatoms. The molecule has 131 valence electrons. The second kappa shape index (κ2) is 6.58. The molecule has 3 aromatic rings. The van der Waals surface area contributed by atoms with Crippen molar-refractivity contribution in [2.45, 2.75) is 20.4 Å². The van der Waals surface area contributed by atoms with Gasteiger partial charge in [0.1, 0.15) is 0 Å². The van der Waals surface area contributed by atoms with Crippen molar-refractivity contribution in [2.24, 2.45) is 0 Å². The second-order valence-electron chi connectivity index (χ2n) is 7.73. The maximum absolute atomic E-state index is 2.63. The van der Waals surface area contributed by atoms with Gasteiger partial charge in [-0.1, -0.05) is 0 Å². The first-order valence-electron chi connectivity index (χ1n) is 9.57. The van der Waals surface area contributed by atoms with Crippen LogP contribution in [0.4, 0.5) is 0 Å². The molecule has 0 nitrogen and oxygen atoms in total. The van der Waals surface area contributed by atoms with E-state index >= 15 is 0 Å². The Bertz CT molecular complexity index is 969. The van der Waals surface area contributed by atoms with Crippen molar-refractivity contribution in [3.05, 3.63) is 101 Å². The zero-order chi connectivity index (χ0) is 17.7. The summed E-state index contributed by atoms with van der Waals surface area (Å²) in [5.74, 6) is -0.707.